The first-order valence-corrected chi connectivity index (χ1v) is 0. The molecule has 4 heteroatoms. The molecule has 0 atom stereocenters. The molecule has 0 aliphatic carbocycles. The van der Waals surface area contributed by atoms with E-state index in [1.54, 1.807) is 0 Å². The van der Waals surface area contributed by atoms with E-state index in [1.807, 2.05) is 0 Å². The van der Waals surface area contributed by atoms with Gasteiger partial charge in [-0.05, 0) is 0 Å². The van der Waals surface area contributed by atoms with Gasteiger partial charge in [-0.1, -0.05) is 7.43 Å². The average molecular weight is 515 g/mol. The van der Waals surface area contributed by atoms with Crippen LogP contribution in [0.25, 0.3) is 0 Å². The Morgan fingerprint density at radius 3 is 0.400 bits per heavy atom. The van der Waals surface area contributed by atoms with Crippen molar-refractivity contribution in [1.29, 1.82) is 0 Å². The second-order valence-electron chi connectivity index (χ2n) is 0. The first-order chi connectivity index (χ1) is 0. The minimum atomic E-state index is 0. The van der Waals surface area contributed by atoms with Gasteiger partial charge in [0.15, 0.2) is 0 Å². The summed E-state index contributed by atoms with van der Waals surface area (Å²) < 4.78 is 0. The van der Waals surface area contributed by atoms with Crippen molar-refractivity contribution in [1.82, 2.24) is 0 Å². The van der Waals surface area contributed by atoms with E-state index in [9.17, 15) is 0 Å². The van der Waals surface area contributed by atoms with Gasteiger partial charge in [-0.25, -0.2) is 0 Å². The summed E-state index contributed by atoms with van der Waals surface area (Å²) in [4.78, 5) is 0. The Balaban J connectivity index is 0. The summed E-state index contributed by atoms with van der Waals surface area (Å²) in [5.74, 6) is 0. The van der Waals surface area contributed by atoms with Crippen LogP contribution in [0, 0.1) is 0 Å². The van der Waals surface area contributed by atoms with Gasteiger partial charge in [0.25, 0.3) is 0 Å². The summed E-state index contributed by atoms with van der Waals surface area (Å²) in [5, 5.41) is 0. The van der Waals surface area contributed by atoms with Crippen LogP contribution >= 0.6 is 0 Å². The minimum absolute atomic E-state index is 0. The van der Waals surface area contributed by atoms with Gasteiger partial charge in [0.05, 0.1) is 0 Å². The van der Waals surface area contributed by atoms with E-state index in [2.05, 4.69) is 0 Å². The maximum atomic E-state index is 0. The molecule has 0 N–H and O–H groups in total. The fourth-order valence-corrected chi connectivity index (χ4v) is 0. The van der Waals surface area contributed by atoms with Crippen LogP contribution in [0.3, 0.4) is 0 Å². The molecule has 0 radical (unpaired) electrons. The van der Waals surface area contributed by atoms with Crippen LogP contribution in [-0.4, -0.2) is 97.7 Å². The van der Waals surface area contributed by atoms with Gasteiger partial charge in [-0.2, -0.15) is 0 Å². The molecule has 0 unspecified atom stereocenters. The fourth-order valence-electron chi connectivity index (χ4n) is 0. The molecule has 0 aromatic heterocycles. The number of rotatable bonds is 0. The molecule has 0 aliphatic heterocycles. The fraction of sp³-hybridized carbons (Fsp3) is 1.00. The molecule has 0 nitrogen and oxygen atoms in total. The van der Waals surface area contributed by atoms with Gasteiger partial charge in [0.2, 0.25) is 0 Å². The maximum absolute atomic E-state index is 0. The second-order valence-corrected chi connectivity index (χ2v) is 0. The number of hydrogen-bond donors (Lipinski definition) is 0. The first-order valence-electron chi connectivity index (χ1n) is 0. The molecule has 0 aromatic carbocycles. The van der Waals surface area contributed by atoms with Gasteiger partial charge >= 0.3 is 97.7 Å². The SMILES string of the molecule is C.[SbH3].[SbH3].[SbH3].[SbH3]. The monoisotopic (exact) mass is 512 g/mol. The zero-order valence-corrected chi connectivity index (χ0v) is 19.0. The molecule has 0 aliphatic rings. The zero-order chi connectivity index (χ0) is 0. The van der Waals surface area contributed by atoms with Crippen molar-refractivity contribution in [2.24, 2.45) is 0 Å². The predicted octanol–water partition coefficient (Wildman–Crippen LogP) is -4.10. The molecule has 0 spiro atoms. The molecule has 0 saturated carbocycles. The third-order valence-electron chi connectivity index (χ3n) is 0. The van der Waals surface area contributed by atoms with Crippen molar-refractivity contribution in [2.45, 2.75) is 7.43 Å². The van der Waals surface area contributed by atoms with E-state index in [-0.39, 0.29) is 105 Å². The van der Waals surface area contributed by atoms with E-state index in [0.29, 0.717) is 0 Å². The molecular weight excluding hydrogens is 499 g/mol. The molecule has 0 fully saturated rings. The van der Waals surface area contributed by atoms with Crippen LogP contribution in [0.2, 0.25) is 0 Å². The Bertz CT molecular complexity index is 3.61. The van der Waals surface area contributed by atoms with Gasteiger partial charge in [-0.3, -0.25) is 0 Å². The van der Waals surface area contributed by atoms with Crippen LogP contribution in [0.5, 0.6) is 0 Å². The molecule has 0 bridgehead atoms. The third kappa shape index (κ3) is 18.9. The van der Waals surface area contributed by atoms with Crippen molar-refractivity contribution in [2.75, 3.05) is 0 Å². The number of hydrogen-bond acceptors (Lipinski definition) is 0. The standard InChI is InChI=1S/CH4.4Sb.12H/h1H4;;;;;;;;;;;;;;;;. The van der Waals surface area contributed by atoms with Crippen LogP contribution in [0.1, 0.15) is 7.43 Å². The summed E-state index contributed by atoms with van der Waals surface area (Å²) in [6, 6.07) is 0. The Morgan fingerprint density at radius 1 is 0.400 bits per heavy atom. The van der Waals surface area contributed by atoms with Crippen LogP contribution in [0.15, 0.2) is 0 Å². The normalized spacial score (nSPS) is 0. The van der Waals surface area contributed by atoms with Crippen LogP contribution < -0.4 is 0 Å². The van der Waals surface area contributed by atoms with E-state index in [4.69, 9.17) is 0 Å². The quantitative estimate of drug-likeness (QED) is 0.288. The van der Waals surface area contributed by atoms with Crippen molar-refractivity contribution in [3.8, 4) is 0 Å². The Labute approximate surface area is 103 Å². The summed E-state index contributed by atoms with van der Waals surface area (Å²) in [6.45, 7) is 0. The predicted molar refractivity (Wildman–Crippen MR) is 46.5 cm³/mol. The van der Waals surface area contributed by atoms with Gasteiger partial charge in [-0.15, -0.1) is 0 Å². The van der Waals surface area contributed by atoms with Gasteiger partial charge in [0, 0.05) is 0 Å². The summed E-state index contributed by atoms with van der Waals surface area (Å²) in [7, 11) is 0. The third-order valence-corrected chi connectivity index (χ3v) is 0. The zero-order valence-electron chi connectivity index (χ0n) is 2.83. The Kier molecular flexibility index (Phi) is 218. The topological polar surface area (TPSA) is 0 Å². The molecule has 0 amide bonds. The average Bonchev–Trinajstić information content (AvgIpc) is 0. The van der Waals surface area contributed by atoms with Crippen molar-refractivity contribution >= 4 is 97.7 Å². The van der Waals surface area contributed by atoms with Crippen LogP contribution in [0.4, 0.5) is 0 Å². The van der Waals surface area contributed by atoms with Crippen molar-refractivity contribution in [3.05, 3.63) is 0 Å². The Hall–Kier alpha value is 3.27. The summed E-state index contributed by atoms with van der Waals surface area (Å²) >= 11 is 0. The van der Waals surface area contributed by atoms with Gasteiger partial charge in [0.1, 0.15) is 0 Å². The first kappa shape index (κ1) is 40.9. The second kappa shape index (κ2) is 26.7. The van der Waals surface area contributed by atoms with E-state index >= 15 is 0 Å². The molecule has 5 heavy (non-hydrogen) atoms. The molecule has 0 rings (SSSR count). The molecule has 40 valence electrons. The van der Waals surface area contributed by atoms with E-state index < -0.39 is 0 Å². The molecule has 0 saturated heterocycles. The van der Waals surface area contributed by atoms with Crippen molar-refractivity contribution in [3.63, 3.8) is 0 Å². The van der Waals surface area contributed by atoms with Crippen molar-refractivity contribution < 1.29 is 0 Å². The van der Waals surface area contributed by atoms with E-state index in [1.165, 1.54) is 0 Å². The molecule has 0 aromatic rings. The summed E-state index contributed by atoms with van der Waals surface area (Å²) in [5.41, 5.74) is 0. The Morgan fingerprint density at radius 2 is 0.400 bits per heavy atom. The van der Waals surface area contributed by atoms with E-state index in [0.717, 1.165) is 0 Å². The van der Waals surface area contributed by atoms with Gasteiger partial charge < -0.3 is 0 Å². The van der Waals surface area contributed by atoms with Crippen LogP contribution in [-0.2, 0) is 0 Å². The summed E-state index contributed by atoms with van der Waals surface area (Å²) in [6.07, 6.45) is 0. The molecular formula is CH16Sb4. The molecule has 0 heterocycles.